The zero-order chi connectivity index (χ0) is 19.6. The van der Waals surface area contributed by atoms with Gasteiger partial charge in [-0.25, -0.2) is 4.98 Å². The average Bonchev–Trinajstić information content (AvgIpc) is 3.20. The van der Waals surface area contributed by atoms with Gasteiger partial charge in [-0.3, -0.25) is 14.4 Å². The summed E-state index contributed by atoms with van der Waals surface area (Å²) in [6.45, 7) is 8.35. The number of carbonyl (C=O) groups is 1. The summed E-state index contributed by atoms with van der Waals surface area (Å²) in [5.41, 5.74) is 3.60. The third-order valence-electron chi connectivity index (χ3n) is 4.50. The maximum Gasteiger partial charge on any atom is 0.280 e. The quantitative estimate of drug-likeness (QED) is 0.575. The minimum atomic E-state index is -0.0835. The van der Waals surface area contributed by atoms with Crippen LogP contribution in [0.2, 0.25) is 0 Å². The number of amides is 1. The van der Waals surface area contributed by atoms with Crippen molar-refractivity contribution in [2.75, 3.05) is 32.1 Å². The number of nitrogens with zero attached hydrogens (tertiary/aromatic N) is 5. The lowest BCUT2D eigenvalue weighted by atomic mass is 10.2. The van der Waals surface area contributed by atoms with Crippen LogP contribution in [0.15, 0.2) is 24.3 Å². The first-order chi connectivity index (χ1) is 12.9. The third-order valence-corrected chi connectivity index (χ3v) is 5.54. The lowest BCUT2D eigenvalue weighted by molar-refractivity contribution is 0.0980. The first-order valence-electron chi connectivity index (χ1n) is 9.27. The van der Waals surface area contributed by atoms with Gasteiger partial charge in [-0.1, -0.05) is 17.4 Å². The number of aryl methyl sites for hydroxylation is 3. The lowest BCUT2D eigenvalue weighted by Crippen LogP contribution is -2.33. The number of rotatable bonds is 7. The van der Waals surface area contributed by atoms with E-state index < -0.39 is 0 Å². The molecule has 152 valence electrons. The Bertz CT molecular complexity index is 949. The molecule has 0 fully saturated rings. The predicted octanol–water partition coefficient (Wildman–Crippen LogP) is 4.15. The Hall–Kier alpha value is -1.96. The van der Waals surface area contributed by atoms with E-state index in [2.05, 4.69) is 29.1 Å². The maximum absolute atomic E-state index is 13.2. The molecular weight excluding hydrogens is 394 g/mol. The van der Waals surface area contributed by atoms with Crippen molar-refractivity contribution in [3.63, 3.8) is 0 Å². The Balaban J connectivity index is 0.00000280. The van der Waals surface area contributed by atoms with Gasteiger partial charge < -0.3 is 4.90 Å². The molecule has 0 atom stereocenters. The second kappa shape index (κ2) is 9.49. The molecule has 0 aliphatic rings. The van der Waals surface area contributed by atoms with Crippen LogP contribution in [-0.2, 0) is 6.54 Å². The summed E-state index contributed by atoms with van der Waals surface area (Å²) in [7, 11) is 4.08. The number of benzene rings is 1. The topological polar surface area (TPSA) is 54.3 Å². The summed E-state index contributed by atoms with van der Waals surface area (Å²) >= 11 is 1.56. The Morgan fingerprint density at radius 1 is 1.18 bits per heavy atom. The minimum absolute atomic E-state index is 0. The molecule has 2 aromatic heterocycles. The first kappa shape index (κ1) is 22.3. The van der Waals surface area contributed by atoms with Crippen molar-refractivity contribution in [3.8, 4) is 0 Å². The van der Waals surface area contributed by atoms with E-state index in [0.717, 1.165) is 40.6 Å². The van der Waals surface area contributed by atoms with Crippen LogP contribution in [0.4, 0.5) is 5.13 Å². The molecule has 6 nitrogen and oxygen atoms in total. The van der Waals surface area contributed by atoms with Crippen LogP contribution in [0.5, 0.6) is 0 Å². The number of hydrogen-bond donors (Lipinski definition) is 0. The minimum Gasteiger partial charge on any atom is -0.309 e. The highest BCUT2D eigenvalue weighted by Crippen LogP contribution is 2.30. The van der Waals surface area contributed by atoms with Crippen molar-refractivity contribution >= 4 is 45.0 Å². The number of halogens is 1. The molecule has 1 amide bonds. The number of hydrogen-bond acceptors (Lipinski definition) is 5. The molecule has 0 saturated carbocycles. The van der Waals surface area contributed by atoms with E-state index in [1.165, 1.54) is 5.56 Å². The van der Waals surface area contributed by atoms with Gasteiger partial charge in [-0.15, -0.1) is 12.4 Å². The van der Waals surface area contributed by atoms with Gasteiger partial charge in [0.15, 0.2) is 10.8 Å². The third kappa shape index (κ3) is 4.90. The largest absolute Gasteiger partial charge is 0.309 e. The summed E-state index contributed by atoms with van der Waals surface area (Å²) in [6.07, 6.45) is 0.876. The normalized spacial score (nSPS) is 11.1. The zero-order valence-electron chi connectivity index (χ0n) is 17.1. The van der Waals surface area contributed by atoms with Crippen LogP contribution in [-0.4, -0.2) is 52.8 Å². The molecule has 28 heavy (non-hydrogen) atoms. The van der Waals surface area contributed by atoms with Crippen molar-refractivity contribution in [2.45, 2.75) is 33.7 Å². The van der Waals surface area contributed by atoms with Crippen LogP contribution < -0.4 is 4.90 Å². The Kier molecular flexibility index (Phi) is 7.57. The van der Waals surface area contributed by atoms with Gasteiger partial charge in [0.1, 0.15) is 0 Å². The highest BCUT2D eigenvalue weighted by molar-refractivity contribution is 7.22. The molecule has 0 N–H and O–H groups in total. The number of aromatic nitrogens is 3. The molecule has 1 aromatic carbocycles. The molecule has 0 aliphatic carbocycles. The molecule has 2 heterocycles. The molecule has 0 unspecified atom stereocenters. The molecule has 8 heteroatoms. The van der Waals surface area contributed by atoms with E-state index in [9.17, 15) is 4.79 Å². The van der Waals surface area contributed by atoms with Gasteiger partial charge in [0.05, 0.1) is 10.2 Å². The first-order valence-corrected chi connectivity index (χ1v) is 10.1. The van der Waals surface area contributed by atoms with Crippen molar-refractivity contribution < 1.29 is 4.79 Å². The summed E-state index contributed by atoms with van der Waals surface area (Å²) in [4.78, 5) is 21.9. The molecule has 3 rings (SSSR count). The zero-order valence-corrected chi connectivity index (χ0v) is 18.7. The molecule has 3 aromatic rings. The number of fused-ring (bicyclic) bond motifs is 1. The second-order valence-electron chi connectivity index (χ2n) is 7.07. The van der Waals surface area contributed by atoms with Crippen LogP contribution in [0.25, 0.3) is 10.2 Å². The molecule has 0 aliphatic heterocycles. The SMILES string of the molecule is CCn1nc(C(=O)N(CCCN(C)C)c2nc3ccc(C)cc3s2)cc1C.Cl. The van der Waals surface area contributed by atoms with E-state index >= 15 is 0 Å². The fraction of sp³-hybridized carbons (Fsp3) is 0.450. The average molecular weight is 422 g/mol. The van der Waals surface area contributed by atoms with E-state index in [-0.39, 0.29) is 18.3 Å². The fourth-order valence-corrected chi connectivity index (χ4v) is 4.13. The summed E-state index contributed by atoms with van der Waals surface area (Å²) in [6, 6.07) is 8.05. The van der Waals surface area contributed by atoms with Crippen molar-refractivity contribution in [2.24, 2.45) is 0 Å². The van der Waals surface area contributed by atoms with E-state index in [1.54, 1.807) is 16.2 Å². The monoisotopic (exact) mass is 421 g/mol. The molecular formula is C20H28ClN5OS. The van der Waals surface area contributed by atoms with Crippen molar-refractivity contribution in [1.29, 1.82) is 0 Å². The lowest BCUT2D eigenvalue weighted by Gasteiger charge is -2.20. The highest BCUT2D eigenvalue weighted by Gasteiger charge is 2.23. The summed E-state index contributed by atoms with van der Waals surface area (Å²) in [5, 5.41) is 5.22. The van der Waals surface area contributed by atoms with Gasteiger partial charge in [0.2, 0.25) is 0 Å². The molecule has 0 saturated heterocycles. The fourth-order valence-electron chi connectivity index (χ4n) is 3.04. The van der Waals surface area contributed by atoms with E-state index in [1.807, 2.05) is 44.8 Å². The number of carbonyl (C=O) groups excluding carboxylic acids is 1. The standard InChI is InChI=1S/C20H27N5OS.ClH/c1-6-25-15(3)13-17(22-25)19(26)24(11-7-10-23(4)5)20-21-16-9-8-14(2)12-18(16)27-20;/h8-9,12-13H,6-7,10-11H2,1-5H3;1H. The Morgan fingerprint density at radius 2 is 1.93 bits per heavy atom. The van der Waals surface area contributed by atoms with Gasteiger partial charge in [-0.05, 0) is 71.6 Å². The van der Waals surface area contributed by atoms with E-state index in [4.69, 9.17) is 4.98 Å². The smallest absolute Gasteiger partial charge is 0.280 e. The van der Waals surface area contributed by atoms with Gasteiger partial charge in [0.25, 0.3) is 5.91 Å². The number of anilines is 1. The van der Waals surface area contributed by atoms with Gasteiger partial charge in [-0.2, -0.15) is 5.10 Å². The van der Waals surface area contributed by atoms with Crippen LogP contribution >= 0.6 is 23.7 Å². The molecule has 0 radical (unpaired) electrons. The van der Waals surface area contributed by atoms with Crippen molar-refractivity contribution in [3.05, 3.63) is 41.2 Å². The highest BCUT2D eigenvalue weighted by atomic mass is 35.5. The van der Waals surface area contributed by atoms with Crippen LogP contribution in [0.1, 0.15) is 35.1 Å². The Labute approximate surface area is 176 Å². The van der Waals surface area contributed by atoms with Gasteiger partial charge in [0, 0.05) is 18.8 Å². The summed E-state index contributed by atoms with van der Waals surface area (Å²) in [5.74, 6) is -0.0835. The predicted molar refractivity (Wildman–Crippen MR) is 119 cm³/mol. The maximum atomic E-state index is 13.2. The summed E-state index contributed by atoms with van der Waals surface area (Å²) < 4.78 is 2.96. The number of thiazole rings is 1. The van der Waals surface area contributed by atoms with Crippen LogP contribution in [0, 0.1) is 13.8 Å². The van der Waals surface area contributed by atoms with Gasteiger partial charge >= 0.3 is 0 Å². The van der Waals surface area contributed by atoms with Crippen molar-refractivity contribution in [1.82, 2.24) is 19.7 Å². The molecule has 0 spiro atoms. The second-order valence-corrected chi connectivity index (χ2v) is 8.08. The Morgan fingerprint density at radius 3 is 2.57 bits per heavy atom. The van der Waals surface area contributed by atoms with E-state index in [0.29, 0.717) is 12.2 Å². The van der Waals surface area contributed by atoms with Crippen LogP contribution in [0.3, 0.4) is 0 Å². The molecule has 0 bridgehead atoms.